The lowest BCUT2D eigenvalue weighted by molar-refractivity contribution is -0.158. The second-order valence-corrected chi connectivity index (χ2v) is 12.2. The molecule has 2 N–H and O–H groups in total. The van der Waals surface area contributed by atoms with Gasteiger partial charge < -0.3 is 10.1 Å². The number of fused-ring (bicyclic) bond motifs is 2. The summed E-state index contributed by atoms with van der Waals surface area (Å²) in [4.78, 5) is 54.2. The molecule has 0 unspecified atom stereocenters. The molecule has 3 aromatic carbocycles. The lowest BCUT2D eigenvalue weighted by Crippen LogP contribution is -2.53. The van der Waals surface area contributed by atoms with E-state index in [2.05, 4.69) is 10.6 Å². The number of amides is 3. The molecule has 0 aliphatic carbocycles. The van der Waals surface area contributed by atoms with Crippen LogP contribution in [0, 0.1) is 17.6 Å². The number of hydrogen-bond acceptors (Lipinski definition) is 6. The zero-order valence-corrected chi connectivity index (χ0v) is 25.0. The molecule has 3 amide bonds. The van der Waals surface area contributed by atoms with Crippen molar-refractivity contribution in [3.63, 3.8) is 0 Å². The van der Waals surface area contributed by atoms with Crippen LogP contribution in [-0.2, 0) is 20.9 Å². The first kappa shape index (κ1) is 31.7. The fraction of sp³-hybridized carbons (Fsp3) is 0.394. The molecule has 2 atom stereocenters. The Labute approximate surface area is 249 Å². The normalized spacial score (nSPS) is 14.7. The predicted molar refractivity (Wildman–Crippen MR) is 158 cm³/mol. The number of carbonyl (C=O) groups is 4. The van der Waals surface area contributed by atoms with E-state index in [9.17, 15) is 28.0 Å². The van der Waals surface area contributed by atoms with Crippen LogP contribution < -0.4 is 10.6 Å². The highest BCUT2D eigenvalue weighted by Gasteiger charge is 2.38. The standard InChI is InChI=1S/C33H37F2N3O5/c1-19(2)14-28(29(39)36-18-20-10-11-25(34)26(35)15-20)37-27(32(42)43-33(3,4)5)12-13-38-30(40)23-16-21-8-6-7-9-22(21)17-24(23)31(38)41/h6-11,15-17,19,27-28,37H,12-14,18H2,1-5H3,(H,36,39)/t27-,28+/m1/s1. The maximum atomic E-state index is 13.7. The topological polar surface area (TPSA) is 105 Å². The molecule has 3 aromatic rings. The van der Waals surface area contributed by atoms with E-state index < -0.39 is 53.0 Å². The van der Waals surface area contributed by atoms with Crippen LogP contribution in [0.2, 0.25) is 0 Å². The second-order valence-electron chi connectivity index (χ2n) is 12.2. The van der Waals surface area contributed by atoms with Gasteiger partial charge in [0, 0.05) is 13.1 Å². The SMILES string of the molecule is CC(C)C[C@H](N[C@H](CCN1C(=O)c2cc3ccccc3cc2C1=O)C(=O)OC(C)(C)C)C(=O)NCc1ccc(F)c(F)c1. The third-order valence-electron chi connectivity index (χ3n) is 7.05. The number of ether oxygens (including phenoxy) is 1. The Kier molecular flexibility index (Phi) is 9.59. The van der Waals surface area contributed by atoms with Crippen molar-refractivity contribution in [2.45, 2.75) is 71.7 Å². The van der Waals surface area contributed by atoms with Crippen LogP contribution in [0.5, 0.6) is 0 Å². The number of nitrogens with zero attached hydrogens (tertiary/aromatic N) is 1. The maximum Gasteiger partial charge on any atom is 0.323 e. The van der Waals surface area contributed by atoms with Crippen LogP contribution in [-0.4, -0.2) is 52.8 Å². The highest BCUT2D eigenvalue weighted by Crippen LogP contribution is 2.28. The first-order valence-electron chi connectivity index (χ1n) is 14.3. The molecule has 8 nitrogen and oxygen atoms in total. The minimum Gasteiger partial charge on any atom is -0.459 e. The van der Waals surface area contributed by atoms with Gasteiger partial charge >= 0.3 is 5.97 Å². The molecule has 0 aromatic heterocycles. The van der Waals surface area contributed by atoms with E-state index in [0.29, 0.717) is 23.1 Å². The van der Waals surface area contributed by atoms with E-state index in [-0.39, 0.29) is 25.4 Å². The van der Waals surface area contributed by atoms with Gasteiger partial charge in [0.15, 0.2) is 11.6 Å². The number of hydrogen-bond donors (Lipinski definition) is 2. The van der Waals surface area contributed by atoms with Crippen molar-refractivity contribution in [3.8, 4) is 0 Å². The van der Waals surface area contributed by atoms with Crippen molar-refractivity contribution in [1.29, 1.82) is 0 Å². The minimum absolute atomic E-state index is 0.00491. The van der Waals surface area contributed by atoms with E-state index in [1.165, 1.54) is 6.07 Å². The van der Waals surface area contributed by atoms with Gasteiger partial charge in [-0.3, -0.25) is 29.4 Å². The fourth-order valence-corrected chi connectivity index (χ4v) is 5.01. The van der Waals surface area contributed by atoms with E-state index in [0.717, 1.165) is 27.8 Å². The summed E-state index contributed by atoms with van der Waals surface area (Å²) in [5, 5.41) is 7.49. The van der Waals surface area contributed by atoms with Crippen molar-refractivity contribution in [1.82, 2.24) is 15.5 Å². The summed E-state index contributed by atoms with van der Waals surface area (Å²) in [6.45, 7) is 8.87. The Balaban J connectivity index is 1.51. The summed E-state index contributed by atoms with van der Waals surface area (Å²) in [5.74, 6) is -3.92. The summed E-state index contributed by atoms with van der Waals surface area (Å²) >= 11 is 0. The average molecular weight is 594 g/mol. The largest absolute Gasteiger partial charge is 0.459 e. The van der Waals surface area contributed by atoms with Crippen LogP contribution in [0.25, 0.3) is 10.8 Å². The minimum atomic E-state index is -1.03. The van der Waals surface area contributed by atoms with Crippen LogP contribution >= 0.6 is 0 Å². The van der Waals surface area contributed by atoms with Crippen LogP contribution in [0.3, 0.4) is 0 Å². The lowest BCUT2D eigenvalue weighted by atomic mass is 10.0. The molecular weight excluding hydrogens is 556 g/mol. The Morgan fingerprint density at radius 3 is 2.02 bits per heavy atom. The fourth-order valence-electron chi connectivity index (χ4n) is 5.01. The smallest absolute Gasteiger partial charge is 0.323 e. The summed E-state index contributed by atoms with van der Waals surface area (Å²) in [7, 11) is 0. The molecule has 228 valence electrons. The van der Waals surface area contributed by atoms with Gasteiger partial charge in [0.25, 0.3) is 11.8 Å². The third-order valence-corrected chi connectivity index (χ3v) is 7.05. The summed E-state index contributed by atoms with van der Waals surface area (Å²) < 4.78 is 32.6. The molecule has 0 saturated heterocycles. The highest BCUT2D eigenvalue weighted by molar-refractivity contribution is 6.23. The van der Waals surface area contributed by atoms with E-state index >= 15 is 0 Å². The van der Waals surface area contributed by atoms with Crippen molar-refractivity contribution >= 4 is 34.5 Å². The van der Waals surface area contributed by atoms with Gasteiger partial charge in [0.1, 0.15) is 11.6 Å². The van der Waals surface area contributed by atoms with E-state index in [4.69, 9.17) is 4.74 Å². The molecule has 10 heteroatoms. The second kappa shape index (κ2) is 13.0. The Bertz CT molecular complexity index is 1490. The first-order chi connectivity index (χ1) is 20.2. The molecule has 0 spiro atoms. The quantitative estimate of drug-likeness (QED) is 0.236. The Morgan fingerprint density at radius 2 is 1.49 bits per heavy atom. The zero-order chi connectivity index (χ0) is 31.5. The van der Waals surface area contributed by atoms with Gasteiger partial charge in [-0.25, -0.2) is 8.78 Å². The Morgan fingerprint density at radius 1 is 0.884 bits per heavy atom. The molecule has 43 heavy (non-hydrogen) atoms. The summed E-state index contributed by atoms with van der Waals surface area (Å²) in [6.07, 6.45) is 0.355. The molecule has 0 saturated carbocycles. The van der Waals surface area contributed by atoms with Crippen LogP contribution in [0.15, 0.2) is 54.6 Å². The molecule has 1 heterocycles. The van der Waals surface area contributed by atoms with Gasteiger partial charge in [0.2, 0.25) is 5.91 Å². The van der Waals surface area contributed by atoms with Gasteiger partial charge in [-0.1, -0.05) is 44.2 Å². The number of imide groups is 1. The Hall–Kier alpha value is -4.18. The van der Waals surface area contributed by atoms with Crippen LogP contribution in [0.4, 0.5) is 8.78 Å². The predicted octanol–water partition coefficient (Wildman–Crippen LogP) is 5.14. The molecule has 0 fully saturated rings. The molecule has 0 bridgehead atoms. The van der Waals surface area contributed by atoms with E-state index in [1.807, 2.05) is 38.1 Å². The number of rotatable bonds is 11. The summed E-state index contributed by atoms with van der Waals surface area (Å²) in [6, 6.07) is 12.3. The number of esters is 1. The molecule has 1 aliphatic heterocycles. The summed E-state index contributed by atoms with van der Waals surface area (Å²) in [5.41, 5.74) is 0.159. The van der Waals surface area contributed by atoms with Gasteiger partial charge in [-0.2, -0.15) is 0 Å². The molecule has 1 aliphatic rings. The monoisotopic (exact) mass is 593 g/mol. The number of halogens is 2. The van der Waals surface area contributed by atoms with E-state index in [1.54, 1.807) is 32.9 Å². The number of carbonyl (C=O) groups excluding carboxylic acids is 4. The first-order valence-corrected chi connectivity index (χ1v) is 14.3. The molecule has 0 radical (unpaired) electrons. The lowest BCUT2D eigenvalue weighted by Gasteiger charge is -2.29. The third kappa shape index (κ3) is 7.81. The molecule has 4 rings (SSSR count). The number of nitrogens with one attached hydrogen (secondary N) is 2. The number of benzene rings is 3. The molecular formula is C33H37F2N3O5. The highest BCUT2D eigenvalue weighted by atomic mass is 19.2. The van der Waals surface area contributed by atoms with Gasteiger partial charge in [-0.05, 0) is 80.1 Å². The van der Waals surface area contributed by atoms with Crippen molar-refractivity contribution in [2.24, 2.45) is 5.92 Å². The van der Waals surface area contributed by atoms with Crippen LogP contribution in [0.1, 0.15) is 73.7 Å². The van der Waals surface area contributed by atoms with Crippen molar-refractivity contribution in [2.75, 3.05) is 6.54 Å². The zero-order valence-electron chi connectivity index (χ0n) is 25.0. The maximum absolute atomic E-state index is 13.7. The van der Waals surface area contributed by atoms with Crippen molar-refractivity contribution < 1.29 is 32.7 Å². The van der Waals surface area contributed by atoms with Gasteiger partial charge in [0.05, 0.1) is 17.2 Å². The average Bonchev–Trinajstić information content (AvgIpc) is 3.16. The van der Waals surface area contributed by atoms with Gasteiger partial charge in [-0.15, -0.1) is 0 Å². The van der Waals surface area contributed by atoms with Crippen molar-refractivity contribution in [3.05, 3.63) is 82.9 Å².